The number of phenols is 1. The molecule has 0 aromatic heterocycles. The second-order valence-corrected chi connectivity index (χ2v) is 11.3. The Morgan fingerprint density at radius 1 is 0.822 bits per heavy atom. The summed E-state index contributed by atoms with van der Waals surface area (Å²) < 4.78 is 52.7. The zero-order chi connectivity index (χ0) is 32.9. The van der Waals surface area contributed by atoms with Crippen molar-refractivity contribution in [3.63, 3.8) is 0 Å². The third kappa shape index (κ3) is 8.61. The summed E-state index contributed by atoms with van der Waals surface area (Å²) in [6, 6.07) is 19.2. The molecule has 0 saturated heterocycles. The predicted molar refractivity (Wildman–Crippen MR) is 167 cm³/mol. The Balaban J connectivity index is 1.59. The number of carbonyl (C=O) groups is 2. The molecule has 0 saturated carbocycles. The summed E-state index contributed by atoms with van der Waals surface area (Å²) in [5.74, 6) is -1.95. The van der Waals surface area contributed by atoms with Crippen molar-refractivity contribution in [3.05, 3.63) is 112 Å². The maximum Gasteiger partial charge on any atom is 0.416 e. The fourth-order valence-corrected chi connectivity index (χ4v) is 4.84. The van der Waals surface area contributed by atoms with Crippen LogP contribution in [0.3, 0.4) is 0 Å². The third-order valence-corrected chi connectivity index (χ3v) is 7.59. The molecule has 236 valence electrons. The molecule has 0 heterocycles. The van der Waals surface area contributed by atoms with Crippen LogP contribution in [-0.4, -0.2) is 67.0 Å². The second kappa shape index (κ2) is 14.1. The van der Waals surface area contributed by atoms with Gasteiger partial charge in [-0.1, -0.05) is 60.1 Å². The van der Waals surface area contributed by atoms with Gasteiger partial charge in [0.1, 0.15) is 17.6 Å². The highest BCUT2D eigenvalue weighted by Crippen LogP contribution is 2.32. The number of rotatable bonds is 10. The topological polar surface area (TPSA) is 72.9 Å². The van der Waals surface area contributed by atoms with Crippen LogP contribution < -0.4 is 5.32 Å². The van der Waals surface area contributed by atoms with E-state index < -0.39 is 29.5 Å². The molecule has 11 heteroatoms. The van der Waals surface area contributed by atoms with Crippen molar-refractivity contribution in [2.75, 3.05) is 34.2 Å². The van der Waals surface area contributed by atoms with Crippen LogP contribution in [0.1, 0.15) is 21.5 Å². The van der Waals surface area contributed by atoms with Crippen LogP contribution in [-0.2, 0) is 17.4 Å². The number of halogens is 5. The summed E-state index contributed by atoms with van der Waals surface area (Å²) in [6.45, 7) is 0.991. The number of phenolic OH excluding ortho intramolecular Hbond substituents is 1. The van der Waals surface area contributed by atoms with Crippen LogP contribution in [0.15, 0.2) is 84.9 Å². The van der Waals surface area contributed by atoms with Gasteiger partial charge < -0.3 is 20.2 Å². The minimum absolute atomic E-state index is 0.00337. The monoisotopic (exact) mass is 641 g/mol. The summed E-state index contributed by atoms with van der Waals surface area (Å²) >= 11 is 5.93. The van der Waals surface area contributed by atoms with E-state index in [0.29, 0.717) is 29.8 Å². The first-order chi connectivity index (χ1) is 21.2. The van der Waals surface area contributed by atoms with Crippen molar-refractivity contribution in [1.29, 1.82) is 0 Å². The molecule has 0 fully saturated rings. The van der Waals surface area contributed by atoms with Crippen molar-refractivity contribution in [2.24, 2.45) is 0 Å². The fraction of sp³-hybridized carbons (Fsp3) is 0.235. The van der Waals surface area contributed by atoms with E-state index in [1.54, 1.807) is 37.4 Å². The van der Waals surface area contributed by atoms with Gasteiger partial charge in [-0.3, -0.25) is 9.59 Å². The van der Waals surface area contributed by atoms with E-state index in [4.69, 9.17) is 11.6 Å². The Morgan fingerprint density at radius 2 is 1.38 bits per heavy atom. The van der Waals surface area contributed by atoms with E-state index in [9.17, 15) is 32.3 Å². The zero-order valence-corrected chi connectivity index (χ0v) is 25.6. The van der Waals surface area contributed by atoms with Gasteiger partial charge in [0.2, 0.25) is 5.91 Å². The van der Waals surface area contributed by atoms with Crippen molar-refractivity contribution >= 4 is 23.4 Å². The normalized spacial score (nSPS) is 12.2. The Hall–Kier alpha value is -4.41. The van der Waals surface area contributed by atoms with Gasteiger partial charge in [0.15, 0.2) is 0 Å². The first-order valence-corrected chi connectivity index (χ1v) is 14.4. The highest BCUT2D eigenvalue weighted by molar-refractivity contribution is 6.31. The molecular weight excluding hydrogens is 610 g/mol. The zero-order valence-electron chi connectivity index (χ0n) is 24.8. The lowest BCUT2D eigenvalue weighted by Gasteiger charge is -2.26. The molecule has 4 aromatic carbocycles. The largest absolute Gasteiger partial charge is 0.507 e. The number of alkyl halides is 3. The number of benzene rings is 4. The summed E-state index contributed by atoms with van der Waals surface area (Å²) in [4.78, 5) is 30.5. The van der Waals surface area contributed by atoms with Crippen LogP contribution in [0, 0.1) is 5.82 Å². The fourth-order valence-electron chi connectivity index (χ4n) is 4.66. The quantitative estimate of drug-likeness (QED) is 0.185. The molecule has 1 atom stereocenters. The number of hydrogen-bond acceptors (Lipinski definition) is 4. The first-order valence-electron chi connectivity index (χ1n) is 14.0. The highest BCUT2D eigenvalue weighted by Gasteiger charge is 2.30. The van der Waals surface area contributed by atoms with Gasteiger partial charge in [-0.05, 0) is 78.3 Å². The van der Waals surface area contributed by atoms with E-state index in [-0.39, 0.29) is 28.7 Å². The van der Waals surface area contributed by atoms with Gasteiger partial charge in [-0.2, -0.15) is 13.2 Å². The van der Waals surface area contributed by atoms with Crippen molar-refractivity contribution in [1.82, 2.24) is 15.1 Å². The van der Waals surface area contributed by atoms with Crippen LogP contribution in [0.4, 0.5) is 17.6 Å². The summed E-state index contributed by atoms with van der Waals surface area (Å²) in [7, 11) is 5.38. The second-order valence-electron chi connectivity index (χ2n) is 10.9. The minimum Gasteiger partial charge on any atom is -0.507 e. The Morgan fingerprint density at radius 3 is 1.96 bits per heavy atom. The van der Waals surface area contributed by atoms with Crippen molar-refractivity contribution in [2.45, 2.75) is 18.6 Å². The molecule has 6 nitrogen and oxygen atoms in total. The SMILES string of the molecule is CN(C)CCN(C)C(=O)[C@@H](Cc1ccc(-c2ccc(F)c(Cl)c2)cc1)NC(=O)c1cc(-c2ccc(C(F)(F)F)cc2)ccc1O. The molecule has 2 N–H and O–H groups in total. The minimum atomic E-state index is -4.49. The number of nitrogens with one attached hydrogen (secondary N) is 1. The van der Waals surface area contributed by atoms with Crippen LogP contribution >= 0.6 is 11.6 Å². The Labute approximate surface area is 263 Å². The van der Waals surface area contributed by atoms with Crippen molar-refractivity contribution in [3.8, 4) is 28.0 Å². The van der Waals surface area contributed by atoms with Gasteiger partial charge in [-0.25, -0.2) is 4.39 Å². The molecule has 0 aliphatic carbocycles. The van der Waals surface area contributed by atoms with E-state index in [2.05, 4.69) is 5.32 Å². The molecule has 0 unspecified atom stereocenters. The number of aromatic hydroxyl groups is 1. The lowest BCUT2D eigenvalue weighted by atomic mass is 9.98. The van der Waals surface area contributed by atoms with E-state index >= 15 is 0 Å². The number of carbonyl (C=O) groups excluding carboxylic acids is 2. The molecule has 4 aromatic rings. The maximum absolute atomic E-state index is 13.6. The smallest absolute Gasteiger partial charge is 0.416 e. The van der Waals surface area contributed by atoms with Crippen molar-refractivity contribution < 1.29 is 32.3 Å². The van der Waals surface area contributed by atoms with E-state index in [0.717, 1.165) is 23.3 Å². The standard InChI is InChI=1S/C34H32ClF4N3O3/c1-41(2)16-17-42(3)33(45)30(18-21-4-6-22(7-5-21)25-10-14-29(36)28(35)20-25)40-32(44)27-19-24(11-15-31(27)43)23-8-12-26(13-9-23)34(37,38)39/h4-15,19-20,30,43H,16-18H2,1-3H3,(H,40,44)/t30-/m1/s1. The van der Waals surface area contributed by atoms with E-state index in [1.165, 1.54) is 47.4 Å². The number of nitrogens with zero attached hydrogens (tertiary/aromatic N) is 2. The number of amides is 2. The average Bonchev–Trinajstić information content (AvgIpc) is 3.00. The molecule has 0 aliphatic rings. The molecule has 0 aliphatic heterocycles. The highest BCUT2D eigenvalue weighted by atomic mass is 35.5. The Kier molecular flexibility index (Phi) is 10.5. The number of hydrogen-bond donors (Lipinski definition) is 2. The van der Waals surface area contributed by atoms with Gasteiger partial charge in [0.05, 0.1) is 16.1 Å². The van der Waals surface area contributed by atoms with E-state index in [1.807, 2.05) is 19.0 Å². The Bertz CT molecular complexity index is 1660. The average molecular weight is 642 g/mol. The van der Waals surface area contributed by atoms with Gasteiger partial charge >= 0.3 is 6.18 Å². The van der Waals surface area contributed by atoms with Crippen LogP contribution in [0.5, 0.6) is 5.75 Å². The third-order valence-electron chi connectivity index (χ3n) is 7.30. The molecule has 0 spiro atoms. The van der Waals surface area contributed by atoms with Gasteiger partial charge in [0.25, 0.3) is 5.91 Å². The predicted octanol–water partition coefficient (Wildman–Crippen LogP) is 6.90. The van der Waals surface area contributed by atoms with Gasteiger partial charge in [-0.15, -0.1) is 0 Å². The molecule has 4 rings (SSSR count). The summed E-state index contributed by atoms with van der Waals surface area (Å²) in [6.07, 6.45) is -4.37. The maximum atomic E-state index is 13.6. The van der Waals surface area contributed by atoms with Crippen LogP contribution in [0.2, 0.25) is 5.02 Å². The molecule has 0 bridgehead atoms. The lowest BCUT2D eigenvalue weighted by Crippen LogP contribution is -2.49. The molecule has 2 amide bonds. The lowest BCUT2D eigenvalue weighted by molar-refractivity contribution is -0.137. The summed E-state index contributed by atoms with van der Waals surface area (Å²) in [5.41, 5.74) is 2.10. The molecule has 45 heavy (non-hydrogen) atoms. The summed E-state index contributed by atoms with van der Waals surface area (Å²) in [5, 5.41) is 13.3. The van der Waals surface area contributed by atoms with Gasteiger partial charge in [0, 0.05) is 26.6 Å². The molecular formula is C34H32ClF4N3O3. The first kappa shape index (κ1) is 33.5. The molecule has 0 radical (unpaired) electrons. The van der Waals surface area contributed by atoms with Crippen LogP contribution in [0.25, 0.3) is 22.3 Å². The number of likely N-dealkylation sites (N-methyl/N-ethyl adjacent to an activating group) is 2.